The van der Waals surface area contributed by atoms with Crippen molar-refractivity contribution in [3.8, 4) is 0 Å². The first-order chi connectivity index (χ1) is 8.22. The van der Waals surface area contributed by atoms with Crippen molar-refractivity contribution in [2.75, 3.05) is 13.6 Å². The summed E-state index contributed by atoms with van der Waals surface area (Å²) in [5, 5.41) is 3.31. The lowest BCUT2D eigenvalue weighted by molar-refractivity contribution is -0.134. The van der Waals surface area contributed by atoms with Gasteiger partial charge in [-0.3, -0.25) is 4.79 Å². The van der Waals surface area contributed by atoms with Crippen molar-refractivity contribution in [2.24, 2.45) is 5.92 Å². The van der Waals surface area contributed by atoms with Gasteiger partial charge in [-0.15, -0.1) is 0 Å². The van der Waals surface area contributed by atoms with Crippen LogP contribution >= 0.6 is 0 Å². The largest absolute Gasteiger partial charge is 0.341 e. The van der Waals surface area contributed by atoms with E-state index >= 15 is 0 Å². The van der Waals surface area contributed by atoms with E-state index in [1.54, 1.807) is 0 Å². The molecule has 3 nitrogen and oxygen atoms in total. The number of carbonyl (C=O) groups is 1. The summed E-state index contributed by atoms with van der Waals surface area (Å²) in [6, 6.07) is 0.594. The summed E-state index contributed by atoms with van der Waals surface area (Å²) in [6.07, 6.45) is 8.48. The van der Waals surface area contributed by atoms with E-state index in [0.717, 1.165) is 25.3 Å². The first-order valence-electron chi connectivity index (χ1n) is 7.22. The summed E-state index contributed by atoms with van der Waals surface area (Å²) in [5.41, 5.74) is 0. The summed E-state index contributed by atoms with van der Waals surface area (Å²) in [7, 11) is 2.00. The SMILES string of the molecule is CCC1CCC(N(C)C(=O)C2CCCN2)CC1. The van der Waals surface area contributed by atoms with Crippen LogP contribution in [0.15, 0.2) is 0 Å². The Hall–Kier alpha value is -0.570. The monoisotopic (exact) mass is 238 g/mol. The molecular formula is C14H26N2O. The molecule has 0 aromatic carbocycles. The Morgan fingerprint density at radius 1 is 1.24 bits per heavy atom. The topological polar surface area (TPSA) is 32.3 Å². The third kappa shape index (κ3) is 3.01. The van der Waals surface area contributed by atoms with Gasteiger partial charge in [0.15, 0.2) is 0 Å². The molecule has 2 fully saturated rings. The van der Waals surface area contributed by atoms with Gasteiger partial charge < -0.3 is 10.2 Å². The molecule has 0 bridgehead atoms. The smallest absolute Gasteiger partial charge is 0.239 e. The minimum atomic E-state index is 0.101. The highest BCUT2D eigenvalue weighted by molar-refractivity contribution is 5.82. The van der Waals surface area contributed by atoms with E-state index in [2.05, 4.69) is 12.2 Å². The summed E-state index contributed by atoms with van der Waals surface area (Å²) in [4.78, 5) is 14.3. The molecule has 0 spiro atoms. The van der Waals surface area contributed by atoms with E-state index in [1.165, 1.54) is 32.1 Å². The fraction of sp³-hybridized carbons (Fsp3) is 0.929. The zero-order valence-electron chi connectivity index (χ0n) is 11.2. The molecule has 1 atom stereocenters. The normalized spacial score (nSPS) is 33.6. The van der Waals surface area contributed by atoms with Crippen molar-refractivity contribution in [1.29, 1.82) is 0 Å². The number of nitrogens with one attached hydrogen (secondary N) is 1. The predicted octanol–water partition coefficient (Wildman–Crippen LogP) is 2.17. The van der Waals surface area contributed by atoms with Crippen LogP contribution in [0.5, 0.6) is 0 Å². The van der Waals surface area contributed by atoms with Gasteiger partial charge in [-0.2, -0.15) is 0 Å². The minimum absolute atomic E-state index is 0.101. The number of nitrogens with zero attached hydrogens (tertiary/aromatic N) is 1. The maximum atomic E-state index is 12.3. The molecule has 1 amide bonds. The van der Waals surface area contributed by atoms with Crippen molar-refractivity contribution in [1.82, 2.24) is 10.2 Å². The average Bonchev–Trinajstić information content (AvgIpc) is 2.91. The molecule has 17 heavy (non-hydrogen) atoms. The molecule has 1 unspecified atom stereocenters. The van der Waals surface area contributed by atoms with Crippen LogP contribution in [0.1, 0.15) is 51.9 Å². The molecule has 1 heterocycles. The molecule has 0 radical (unpaired) electrons. The van der Waals surface area contributed by atoms with Gasteiger partial charge in [-0.25, -0.2) is 0 Å². The van der Waals surface area contributed by atoms with Crippen molar-refractivity contribution in [3.63, 3.8) is 0 Å². The first kappa shape index (κ1) is 12.9. The Balaban J connectivity index is 1.83. The van der Waals surface area contributed by atoms with E-state index in [9.17, 15) is 4.79 Å². The van der Waals surface area contributed by atoms with E-state index < -0.39 is 0 Å². The molecular weight excluding hydrogens is 212 g/mol. The lowest BCUT2D eigenvalue weighted by Gasteiger charge is -2.35. The van der Waals surface area contributed by atoms with E-state index in [1.807, 2.05) is 11.9 Å². The van der Waals surface area contributed by atoms with E-state index in [4.69, 9.17) is 0 Å². The molecule has 1 N–H and O–H groups in total. The fourth-order valence-corrected chi connectivity index (χ4v) is 3.26. The lowest BCUT2D eigenvalue weighted by atomic mass is 9.84. The number of hydrogen-bond acceptors (Lipinski definition) is 2. The minimum Gasteiger partial charge on any atom is -0.341 e. The molecule has 0 aromatic heterocycles. The Morgan fingerprint density at radius 3 is 2.47 bits per heavy atom. The third-order valence-corrected chi connectivity index (χ3v) is 4.65. The van der Waals surface area contributed by atoms with Crippen LogP contribution in [0.3, 0.4) is 0 Å². The second-order valence-electron chi connectivity index (χ2n) is 5.68. The number of carbonyl (C=O) groups excluding carboxylic acids is 1. The van der Waals surface area contributed by atoms with Crippen molar-refractivity contribution in [3.05, 3.63) is 0 Å². The quantitative estimate of drug-likeness (QED) is 0.817. The molecule has 1 aliphatic heterocycles. The Kier molecular flexibility index (Phi) is 4.43. The van der Waals surface area contributed by atoms with Gasteiger partial charge in [0.2, 0.25) is 5.91 Å². The zero-order chi connectivity index (χ0) is 12.3. The molecule has 2 aliphatic rings. The van der Waals surface area contributed by atoms with Gasteiger partial charge in [-0.1, -0.05) is 13.3 Å². The zero-order valence-corrected chi connectivity index (χ0v) is 11.2. The van der Waals surface area contributed by atoms with Gasteiger partial charge in [-0.05, 0) is 51.0 Å². The average molecular weight is 238 g/mol. The van der Waals surface area contributed by atoms with Gasteiger partial charge in [0.25, 0.3) is 0 Å². The molecule has 3 heteroatoms. The molecule has 1 aliphatic carbocycles. The molecule has 98 valence electrons. The Bertz CT molecular complexity index is 253. The maximum absolute atomic E-state index is 12.3. The number of likely N-dealkylation sites (N-methyl/N-ethyl adjacent to an activating group) is 1. The van der Waals surface area contributed by atoms with Crippen LogP contribution in [0, 0.1) is 5.92 Å². The van der Waals surface area contributed by atoms with Crippen LogP contribution in [-0.4, -0.2) is 36.5 Å². The molecule has 1 saturated heterocycles. The van der Waals surface area contributed by atoms with Crippen molar-refractivity contribution >= 4 is 5.91 Å². The highest BCUT2D eigenvalue weighted by Crippen LogP contribution is 2.29. The highest BCUT2D eigenvalue weighted by Gasteiger charge is 2.30. The van der Waals surface area contributed by atoms with E-state index in [-0.39, 0.29) is 6.04 Å². The standard InChI is InChI=1S/C14H26N2O/c1-3-11-6-8-12(9-7-11)16(2)14(17)13-5-4-10-15-13/h11-13,15H,3-10H2,1-2H3. The molecule has 1 saturated carbocycles. The first-order valence-corrected chi connectivity index (χ1v) is 7.22. The maximum Gasteiger partial charge on any atom is 0.239 e. The number of amides is 1. The van der Waals surface area contributed by atoms with Crippen LogP contribution in [-0.2, 0) is 4.79 Å². The summed E-state index contributed by atoms with van der Waals surface area (Å²) in [5.74, 6) is 1.22. The number of hydrogen-bond donors (Lipinski definition) is 1. The van der Waals surface area contributed by atoms with Gasteiger partial charge in [0, 0.05) is 13.1 Å². The van der Waals surface area contributed by atoms with Gasteiger partial charge in [0.1, 0.15) is 0 Å². The molecule has 2 rings (SSSR count). The van der Waals surface area contributed by atoms with Crippen molar-refractivity contribution < 1.29 is 4.79 Å². The van der Waals surface area contributed by atoms with Crippen molar-refractivity contribution in [2.45, 2.75) is 64.0 Å². The Labute approximate surface area is 105 Å². The summed E-state index contributed by atoms with van der Waals surface area (Å²) >= 11 is 0. The Morgan fingerprint density at radius 2 is 1.94 bits per heavy atom. The van der Waals surface area contributed by atoms with Crippen LogP contribution in [0.25, 0.3) is 0 Å². The summed E-state index contributed by atoms with van der Waals surface area (Å²) in [6.45, 7) is 3.29. The van der Waals surface area contributed by atoms with Crippen LogP contribution < -0.4 is 5.32 Å². The lowest BCUT2D eigenvalue weighted by Crippen LogP contribution is -2.47. The van der Waals surface area contributed by atoms with Crippen LogP contribution in [0.2, 0.25) is 0 Å². The summed E-state index contributed by atoms with van der Waals surface area (Å²) < 4.78 is 0. The predicted molar refractivity (Wildman–Crippen MR) is 69.8 cm³/mol. The molecule has 0 aromatic rings. The fourth-order valence-electron chi connectivity index (χ4n) is 3.26. The van der Waals surface area contributed by atoms with Gasteiger partial charge >= 0.3 is 0 Å². The van der Waals surface area contributed by atoms with Gasteiger partial charge in [0.05, 0.1) is 6.04 Å². The van der Waals surface area contributed by atoms with E-state index in [0.29, 0.717) is 11.9 Å². The van der Waals surface area contributed by atoms with Crippen LogP contribution in [0.4, 0.5) is 0 Å². The number of rotatable bonds is 3. The highest BCUT2D eigenvalue weighted by atomic mass is 16.2. The third-order valence-electron chi connectivity index (χ3n) is 4.65. The second-order valence-corrected chi connectivity index (χ2v) is 5.68. The second kappa shape index (κ2) is 5.85.